The van der Waals surface area contributed by atoms with Crippen molar-refractivity contribution in [3.63, 3.8) is 0 Å². The van der Waals surface area contributed by atoms with Gasteiger partial charge in [0.2, 0.25) is 10.0 Å². The number of nitrogens with zero attached hydrogens (tertiary/aromatic N) is 1. The maximum Gasteiger partial charge on any atom is 0.241 e. The lowest BCUT2D eigenvalue weighted by molar-refractivity contribution is 0.543. The first-order valence-corrected chi connectivity index (χ1v) is 9.54. The topological polar surface area (TPSA) is 130 Å². The van der Waals surface area contributed by atoms with Gasteiger partial charge >= 0.3 is 0 Å². The molecule has 0 amide bonds. The van der Waals surface area contributed by atoms with Crippen molar-refractivity contribution in [1.82, 2.24) is 4.72 Å². The molecule has 0 saturated carbocycles. The lowest BCUT2D eigenvalue weighted by Crippen LogP contribution is -2.30. The molecule has 1 atom stereocenters. The van der Waals surface area contributed by atoms with Crippen LogP contribution in [-0.4, -0.2) is 34.9 Å². The molecule has 1 fully saturated rings. The average molecular weight is 329 g/mol. The molecule has 1 aromatic rings. The molecule has 0 aromatic heterocycles. The monoisotopic (exact) mass is 329 g/mol. The number of nitrogens with one attached hydrogen (secondary N) is 1. The number of hydrogen-bond donors (Lipinski definition) is 2. The minimum absolute atomic E-state index is 0.0115. The predicted octanol–water partition coefficient (Wildman–Crippen LogP) is -0.147. The van der Waals surface area contributed by atoms with E-state index in [1.54, 1.807) is 6.07 Å². The minimum atomic E-state index is -3.87. The molecule has 0 bridgehead atoms. The molecule has 0 radical (unpaired) electrons. The highest BCUT2D eigenvalue weighted by atomic mass is 32.2. The number of anilines is 1. The van der Waals surface area contributed by atoms with E-state index in [2.05, 4.69) is 4.72 Å². The summed E-state index contributed by atoms with van der Waals surface area (Å²) in [4.78, 5) is -0.153. The van der Waals surface area contributed by atoms with Crippen LogP contribution in [0.25, 0.3) is 0 Å². The normalized spacial score (nSPS) is 21.0. The molecule has 7 nitrogen and oxygen atoms in total. The molecule has 2 rings (SSSR count). The number of nitrogens with two attached hydrogens (primary N) is 1. The van der Waals surface area contributed by atoms with E-state index in [1.807, 2.05) is 0 Å². The van der Waals surface area contributed by atoms with Crippen molar-refractivity contribution in [3.8, 4) is 6.07 Å². The molecule has 1 heterocycles. The third-order valence-electron chi connectivity index (χ3n) is 3.30. The van der Waals surface area contributed by atoms with Crippen LogP contribution in [0.5, 0.6) is 0 Å². The molecule has 1 aromatic carbocycles. The molecule has 1 aliphatic rings. The van der Waals surface area contributed by atoms with Crippen molar-refractivity contribution < 1.29 is 16.8 Å². The van der Waals surface area contributed by atoms with Gasteiger partial charge in [0.15, 0.2) is 9.84 Å². The van der Waals surface area contributed by atoms with Gasteiger partial charge in [-0.15, -0.1) is 0 Å². The zero-order valence-electron chi connectivity index (χ0n) is 11.1. The summed E-state index contributed by atoms with van der Waals surface area (Å²) in [6.45, 7) is 0.0385. The first kappa shape index (κ1) is 15.8. The highest BCUT2D eigenvalue weighted by molar-refractivity contribution is 7.91. The molecular weight excluding hydrogens is 314 g/mol. The van der Waals surface area contributed by atoms with Gasteiger partial charge in [-0.3, -0.25) is 0 Å². The smallest absolute Gasteiger partial charge is 0.241 e. The lowest BCUT2D eigenvalue weighted by atomic mass is 10.1. The Bertz CT molecular complexity index is 794. The number of nitriles is 1. The summed E-state index contributed by atoms with van der Waals surface area (Å²) >= 11 is 0. The van der Waals surface area contributed by atoms with Crippen LogP contribution >= 0.6 is 0 Å². The average Bonchev–Trinajstić information content (AvgIpc) is 2.76. The van der Waals surface area contributed by atoms with Crippen LogP contribution < -0.4 is 10.5 Å². The Morgan fingerprint density at radius 3 is 2.71 bits per heavy atom. The van der Waals surface area contributed by atoms with Gasteiger partial charge in [0.25, 0.3) is 0 Å². The number of sulfone groups is 1. The Morgan fingerprint density at radius 1 is 1.43 bits per heavy atom. The lowest BCUT2D eigenvalue weighted by Gasteiger charge is -2.11. The first-order valence-electron chi connectivity index (χ1n) is 6.23. The van der Waals surface area contributed by atoms with Crippen molar-refractivity contribution >= 4 is 25.5 Å². The second-order valence-electron chi connectivity index (χ2n) is 4.99. The molecule has 0 aliphatic carbocycles. The quantitative estimate of drug-likeness (QED) is 0.739. The summed E-state index contributed by atoms with van der Waals surface area (Å²) in [5.74, 6) is -0.156. The van der Waals surface area contributed by atoms with E-state index in [-0.39, 0.29) is 34.4 Å². The largest absolute Gasteiger partial charge is 0.399 e. The van der Waals surface area contributed by atoms with Crippen molar-refractivity contribution in [2.24, 2.45) is 5.92 Å². The maximum atomic E-state index is 12.2. The fourth-order valence-corrected chi connectivity index (χ4v) is 5.32. The van der Waals surface area contributed by atoms with Crippen LogP contribution in [-0.2, 0) is 19.9 Å². The summed E-state index contributed by atoms with van der Waals surface area (Å²) in [6.07, 6.45) is 0.442. The third kappa shape index (κ3) is 3.72. The Morgan fingerprint density at radius 2 is 2.14 bits per heavy atom. The number of sulfonamides is 1. The Labute approximate surface area is 123 Å². The number of benzene rings is 1. The van der Waals surface area contributed by atoms with E-state index in [0.717, 1.165) is 0 Å². The van der Waals surface area contributed by atoms with Gasteiger partial charge in [0.1, 0.15) is 6.07 Å². The Balaban J connectivity index is 2.15. The van der Waals surface area contributed by atoms with Crippen molar-refractivity contribution in [3.05, 3.63) is 23.8 Å². The van der Waals surface area contributed by atoms with E-state index in [0.29, 0.717) is 12.1 Å². The molecule has 114 valence electrons. The van der Waals surface area contributed by atoms with Gasteiger partial charge in [-0.1, -0.05) is 0 Å². The summed E-state index contributed by atoms with van der Waals surface area (Å²) in [6, 6.07) is 5.74. The summed E-state index contributed by atoms with van der Waals surface area (Å²) in [5, 5.41) is 8.98. The van der Waals surface area contributed by atoms with Crippen LogP contribution in [0.15, 0.2) is 23.1 Å². The summed E-state index contributed by atoms with van der Waals surface area (Å²) in [7, 11) is -6.92. The van der Waals surface area contributed by atoms with Gasteiger partial charge in [0.05, 0.1) is 22.0 Å². The SMILES string of the molecule is N#Cc1cc(N)ccc1S(=O)(=O)NCC1CCS(=O)(=O)C1. The van der Waals surface area contributed by atoms with E-state index in [1.165, 1.54) is 18.2 Å². The third-order valence-corrected chi connectivity index (χ3v) is 6.62. The molecule has 1 aliphatic heterocycles. The van der Waals surface area contributed by atoms with Crippen LogP contribution in [0.1, 0.15) is 12.0 Å². The molecule has 3 N–H and O–H groups in total. The summed E-state index contributed by atoms with van der Waals surface area (Å²) < 4.78 is 49.4. The number of hydrogen-bond acceptors (Lipinski definition) is 6. The number of nitrogen functional groups attached to an aromatic ring is 1. The van der Waals surface area contributed by atoms with E-state index < -0.39 is 19.9 Å². The standard InChI is InChI=1S/C12H15N3O4S2/c13-6-10-5-11(14)1-2-12(10)21(18,19)15-7-9-3-4-20(16,17)8-9/h1-2,5,9,15H,3-4,7-8,14H2. The Kier molecular flexibility index (Phi) is 4.22. The summed E-state index contributed by atoms with van der Waals surface area (Å²) in [5.41, 5.74) is 5.77. The second kappa shape index (κ2) is 5.63. The Hall–Kier alpha value is -1.63. The maximum absolute atomic E-state index is 12.2. The molecule has 21 heavy (non-hydrogen) atoms. The molecule has 0 spiro atoms. The predicted molar refractivity (Wildman–Crippen MR) is 77.5 cm³/mol. The highest BCUT2D eigenvalue weighted by Crippen LogP contribution is 2.20. The van der Waals surface area contributed by atoms with Crippen LogP contribution in [0, 0.1) is 17.2 Å². The zero-order chi connectivity index (χ0) is 15.7. The highest BCUT2D eigenvalue weighted by Gasteiger charge is 2.29. The number of rotatable bonds is 4. The first-order chi connectivity index (χ1) is 9.73. The van der Waals surface area contributed by atoms with Gasteiger partial charge in [-0.05, 0) is 30.5 Å². The van der Waals surface area contributed by atoms with Crippen LogP contribution in [0.4, 0.5) is 5.69 Å². The van der Waals surface area contributed by atoms with Crippen molar-refractivity contribution in [2.75, 3.05) is 23.8 Å². The van der Waals surface area contributed by atoms with Crippen LogP contribution in [0.3, 0.4) is 0 Å². The van der Waals surface area contributed by atoms with Crippen molar-refractivity contribution in [2.45, 2.75) is 11.3 Å². The van der Waals surface area contributed by atoms with Gasteiger partial charge in [0, 0.05) is 12.2 Å². The van der Waals surface area contributed by atoms with Crippen LogP contribution in [0.2, 0.25) is 0 Å². The van der Waals surface area contributed by atoms with Gasteiger partial charge in [-0.2, -0.15) is 5.26 Å². The fraction of sp³-hybridized carbons (Fsp3) is 0.417. The zero-order valence-corrected chi connectivity index (χ0v) is 12.7. The van der Waals surface area contributed by atoms with E-state index >= 15 is 0 Å². The molecule has 9 heteroatoms. The minimum Gasteiger partial charge on any atom is -0.399 e. The van der Waals surface area contributed by atoms with Gasteiger partial charge in [-0.25, -0.2) is 21.6 Å². The van der Waals surface area contributed by atoms with Crippen molar-refractivity contribution in [1.29, 1.82) is 5.26 Å². The molecular formula is C12H15N3O4S2. The molecule has 1 saturated heterocycles. The van der Waals surface area contributed by atoms with Gasteiger partial charge < -0.3 is 5.73 Å². The second-order valence-corrected chi connectivity index (χ2v) is 8.95. The molecule has 1 unspecified atom stereocenters. The van der Waals surface area contributed by atoms with E-state index in [9.17, 15) is 16.8 Å². The van der Waals surface area contributed by atoms with E-state index in [4.69, 9.17) is 11.0 Å². The fourth-order valence-electron chi connectivity index (χ4n) is 2.21.